The number of carbonyl (C=O) groups excluding carboxylic acids is 1. The number of nitro benzene ring substituents is 1. The summed E-state index contributed by atoms with van der Waals surface area (Å²) in [7, 11) is 0. The Morgan fingerprint density at radius 1 is 1.41 bits per heavy atom. The Morgan fingerprint density at radius 3 is 2.89 bits per heavy atom. The molecule has 1 atom stereocenters. The summed E-state index contributed by atoms with van der Waals surface area (Å²) in [6, 6.07) is 5.45. The monoisotopic (exact) mass is 385 g/mol. The fourth-order valence-electron chi connectivity index (χ4n) is 2.50. The third-order valence-electron chi connectivity index (χ3n) is 3.85. The molecular weight excluding hydrogens is 370 g/mol. The predicted octanol–water partition coefficient (Wildman–Crippen LogP) is 3.36. The van der Waals surface area contributed by atoms with Crippen molar-refractivity contribution in [2.75, 3.05) is 0 Å². The predicted molar refractivity (Wildman–Crippen MR) is 102 cm³/mol. The summed E-state index contributed by atoms with van der Waals surface area (Å²) in [5.74, 6) is -0.394. The van der Waals surface area contributed by atoms with Gasteiger partial charge in [0, 0.05) is 12.1 Å². The number of nitrogens with zero attached hydrogens (tertiary/aromatic N) is 2. The number of thiophene rings is 1. The van der Waals surface area contributed by atoms with E-state index in [-0.39, 0.29) is 11.6 Å². The minimum atomic E-state index is -0.646. The van der Waals surface area contributed by atoms with Crippen LogP contribution in [0.5, 0.6) is 0 Å². The molecule has 138 valence electrons. The number of fused-ring (bicyclic) bond motifs is 1. The molecular formula is C18H15N3O5S. The van der Waals surface area contributed by atoms with Gasteiger partial charge in [0.15, 0.2) is 0 Å². The van der Waals surface area contributed by atoms with E-state index in [0.717, 1.165) is 5.56 Å². The second kappa shape index (κ2) is 7.50. The summed E-state index contributed by atoms with van der Waals surface area (Å²) in [5.41, 5.74) is 0.517. The SMILES string of the molecule is Cc1csc2nc([C@H](C)NC(=O)/C=C/c3ccccc3[N+](=O)[O-])oc(=O)c12. The normalized spacial score (nSPS) is 12.4. The lowest BCUT2D eigenvalue weighted by molar-refractivity contribution is -0.385. The van der Waals surface area contributed by atoms with Gasteiger partial charge in [-0.2, -0.15) is 0 Å². The first-order valence-electron chi connectivity index (χ1n) is 7.97. The van der Waals surface area contributed by atoms with Gasteiger partial charge in [-0.15, -0.1) is 11.3 Å². The number of rotatable bonds is 5. The summed E-state index contributed by atoms with van der Waals surface area (Å²) in [6.07, 6.45) is 2.54. The van der Waals surface area contributed by atoms with Gasteiger partial charge in [0.1, 0.15) is 10.9 Å². The van der Waals surface area contributed by atoms with Crippen molar-refractivity contribution in [2.45, 2.75) is 19.9 Å². The van der Waals surface area contributed by atoms with E-state index >= 15 is 0 Å². The fourth-order valence-corrected chi connectivity index (χ4v) is 3.41. The van der Waals surface area contributed by atoms with Gasteiger partial charge in [-0.25, -0.2) is 9.78 Å². The highest BCUT2D eigenvalue weighted by atomic mass is 32.1. The Bertz CT molecular complexity index is 1120. The lowest BCUT2D eigenvalue weighted by atomic mass is 10.1. The average molecular weight is 385 g/mol. The third-order valence-corrected chi connectivity index (χ3v) is 4.84. The molecule has 0 fully saturated rings. The van der Waals surface area contributed by atoms with E-state index in [1.807, 2.05) is 5.38 Å². The second-order valence-corrected chi connectivity index (χ2v) is 6.68. The maximum atomic E-state index is 12.1. The standard InChI is InChI=1S/C18H15N3O5S/c1-10-9-27-17-15(10)18(23)26-16(20-17)11(2)19-14(22)8-7-12-5-3-4-6-13(12)21(24)25/h3-9,11H,1-2H3,(H,19,22)/b8-7+/t11-/m0/s1. The quantitative estimate of drug-likeness (QED) is 0.409. The molecule has 9 heteroatoms. The molecule has 0 unspecified atom stereocenters. The topological polar surface area (TPSA) is 115 Å². The highest BCUT2D eigenvalue weighted by Crippen LogP contribution is 2.22. The van der Waals surface area contributed by atoms with E-state index in [1.54, 1.807) is 32.0 Å². The molecule has 1 amide bonds. The zero-order chi connectivity index (χ0) is 19.6. The number of nitrogens with one attached hydrogen (secondary N) is 1. The average Bonchev–Trinajstić information content (AvgIpc) is 3.01. The number of para-hydroxylation sites is 1. The smallest absolute Gasteiger partial charge is 0.348 e. The molecule has 3 aromatic rings. The number of hydrogen-bond acceptors (Lipinski definition) is 7. The summed E-state index contributed by atoms with van der Waals surface area (Å²) in [6.45, 7) is 3.43. The van der Waals surface area contributed by atoms with E-state index in [9.17, 15) is 19.7 Å². The number of carbonyl (C=O) groups is 1. The van der Waals surface area contributed by atoms with E-state index in [2.05, 4.69) is 10.3 Å². The molecule has 0 saturated carbocycles. The molecule has 0 radical (unpaired) electrons. The van der Waals surface area contributed by atoms with Gasteiger partial charge in [0.2, 0.25) is 11.8 Å². The first-order valence-corrected chi connectivity index (χ1v) is 8.85. The van der Waals surface area contributed by atoms with Crippen LogP contribution in [-0.4, -0.2) is 15.8 Å². The Kier molecular flexibility index (Phi) is 5.13. The van der Waals surface area contributed by atoms with E-state index in [4.69, 9.17) is 4.42 Å². The summed E-state index contributed by atoms with van der Waals surface area (Å²) in [5, 5.41) is 15.9. The molecule has 0 spiro atoms. The molecule has 8 nitrogen and oxygen atoms in total. The number of hydrogen-bond donors (Lipinski definition) is 1. The number of aromatic nitrogens is 1. The lowest BCUT2D eigenvalue weighted by Crippen LogP contribution is -2.26. The van der Waals surface area contributed by atoms with Crippen LogP contribution in [-0.2, 0) is 4.79 Å². The van der Waals surface area contributed by atoms with Crippen molar-refractivity contribution in [1.82, 2.24) is 10.3 Å². The molecule has 2 aromatic heterocycles. The second-order valence-electron chi connectivity index (χ2n) is 5.82. The largest absolute Gasteiger partial charge is 0.406 e. The van der Waals surface area contributed by atoms with Gasteiger partial charge < -0.3 is 9.73 Å². The maximum Gasteiger partial charge on any atom is 0.348 e. The van der Waals surface area contributed by atoms with Crippen LogP contribution in [0.1, 0.15) is 30.0 Å². The summed E-state index contributed by atoms with van der Waals surface area (Å²) in [4.78, 5) is 39.5. The molecule has 1 aromatic carbocycles. The Balaban J connectivity index is 1.76. The highest BCUT2D eigenvalue weighted by molar-refractivity contribution is 7.16. The van der Waals surface area contributed by atoms with Gasteiger partial charge in [0.05, 0.1) is 15.9 Å². The molecule has 0 aliphatic rings. The number of nitro groups is 1. The van der Waals surface area contributed by atoms with Crippen molar-refractivity contribution in [1.29, 1.82) is 0 Å². The van der Waals surface area contributed by atoms with Crippen LogP contribution in [0.4, 0.5) is 5.69 Å². The van der Waals surface area contributed by atoms with E-state index in [0.29, 0.717) is 15.8 Å². The number of benzene rings is 1. The van der Waals surface area contributed by atoms with Crippen molar-refractivity contribution in [3.05, 3.63) is 73.3 Å². The first-order chi connectivity index (χ1) is 12.9. The van der Waals surface area contributed by atoms with Gasteiger partial charge in [0.25, 0.3) is 5.69 Å². The van der Waals surface area contributed by atoms with E-state index in [1.165, 1.54) is 29.6 Å². The molecule has 0 saturated heterocycles. The molecule has 0 aliphatic heterocycles. The van der Waals surface area contributed by atoms with Crippen molar-refractivity contribution >= 4 is 39.2 Å². The zero-order valence-electron chi connectivity index (χ0n) is 14.5. The maximum absolute atomic E-state index is 12.1. The summed E-state index contributed by atoms with van der Waals surface area (Å²) < 4.78 is 5.22. The Labute approximate surface area is 157 Å². The van der Waals surface area contributed by atoms with Crippen LogP contribution >= 0.6 is 11.3 Å². The lowest BCUT2D eigenvalue weighted by Gasteiger charge is -2.10. The third kappa shape index (κ3) is 3.93. The molecule has 0 aliphatic carbocycles. The van der Waals surface area contributed by atoms with Crippen LogP contribution in [0.2, 0.25) is 0 Å². The Hall–Kier alpha value is -3.33. The number of aryl methyl sites for hydroxylation is 1. The van der Waals surface area contributed by atoms with Gasteiger partial charge in [-0.3, -0.25) is 14.9 Å². The van der Waals surface area contributed by atoms with E-state index < -0.39 is 22.5 Å². The summed E-state index contributed by atoms with van der Waals surface area (Å²) >= 11 is 1.33. The van der Waals surface area contributed by atoms with Crippen molar-refractivity contribution in [2.24, 2.45) is 0 Å². The van der Waals surface area contributed by atoms with Crippen LogP contribution in [0.15, 0.2) is 44.9 Å². The molecule has 27 heavy (non-hydrogen) atoms. The fraction of sp³-hybridized carbons (Fsp3) is 0.167. The first kappa shape index (κ1) is 18.5. The molecule has 2 heterocycles. The minimum absolute atomic E-state index is 0.0965. The van der Waals surface area contributed by atoms with Crippen molar-refractivity contribution in [3.8, 4) is 0 Å². The van der Waals surface area contributed by atoms with Gasteiger partial charge >= 0.3 is 5.63 Å². The van der Waals surface area contributed by atoms with Crippen molar-refractivity contribution in [3.63, 3.8) is 0 Å². The zero-order valence-corrected chi connectivity index (χ0v) is 15.3. The molecule has 0 bridgehead atoms. The van der Waals surface area contributed by atoms with Crippen LogP contribution in [0, 0.1) is 17.0 Å². The number of amides is 1. The van der Waals surface area contributed by atoms with Crippen LogP contribution in [0.25, 0.3) is 16.3 Å². The Morgan fingerprint density at radius 2 is 2.15 bits per heavy atom. The highest BCUT2D eigenvalue weighted by Gasteiger charge is 2.17. The van der Waals surface area contributed by atoms with Crippen molar-refractivity contribution < 1.29 is 14.1 Å². The van der Waals surface area contributed by atoms with Crippen LogP contribution in [0.3, 0.4) is 0 Å². The molecule has 3 rings (SSSR count). The minimum Gasteiger partial charge on any atom is -0.406 e. The van der Waals surface area contributed by atoms with Gasteiger partial charge in [-0.05, 0) is 36.9 Å². The molecule has 1 N–H and O–H groups in total. The van der Waals surface area contributed by atoms with Crippen LogP contribution < -0.4 is 10.9 Å². The van der Waals surface area contributed by atoms with Gasteiger partial charge in [-0.1, -0.05) is 12.1 Å².